The number of aryl methyl sites for hydroxylation is 2. The molecule has 28 heavy (non-hydrogen) atoms. The number of aromatic nitrogens is 1. The number of hydrogen-bond acceptors (Lipinski definition) is 5. The Hall–Kier alpha value is -2.10. The SMILES string of the molecule is COC1=C(c2c(C)cc(Br)cc2C)C(=O)C(Cc2ccc(C#N)c(SC)n2)C1. The highest BCUT2D eigenvalue weighted by Gasteiger charge is 2.36. The van der Waals surface area contributed by atoms with Crippen molar-refractivity contribution in [3.63, 3.8) is 0 Å². The predicted octanol–water partition coefficient (Wildman–Crippen LogP) is 5.24. The fourth-order valence-electron chi connectivity index (χ4n) is 3.76. The van der Waals surface area contributed by atoms with Crippen LogP contribution in [-0.4, -0.2) is 24.1 Å². The average molecular weight is 457 g/mol. The number of ketones is 1. The summed E-state index contributed by atoms with van der Waals surface area (Å²) < 4.78 is 6.62. The zero-order valence-corrected chi connectivity index (χ0v) is 18.7. The van der Waals surface area contributed by atoms with E-state index in [0.717, 1.165) is 32.6 Å². The van der Waals surface area contributed by atoms with E-state index in [1.165, 1.54) is 11.8 Å². The highest BCUT2D eigenvalue weighted by molar-refractivity contribution is 9.10. The maximum atomic E-state index is 13.3. The molecule has 6 heteroatoms. The van der Waals surface area contributed by atoms with Gasteiger partial charge in [0.15, 0.2) is 5.78 Å². The number of nitriles is 1. The number of methoxy groups -OCH3 is 1. The number of carbonyl (C=O) groups is 1. The number of Topliss-reactive ketones (excluding diaryl/α,β-unsaturated/α-hetero) is 1. The van der Waals surface area contributed by atoms with Gasteiger partial charge < -0.3 is 4.74 Å². The van der Waals surface area contributed by atoms with E-state index in [1.54, 1.807) is 13.2 Å². The number of allylic oxidation sites excluding steroid dienone is 2. The zero-order chi connectivity index (χ0) is 20.4. The first-order valence-electron chi connectivity index (χ1n) is 8.92. The Morgan fingerprint density at radius 2 is 2.00 bits per heavy atom. The molecule has 0 amide bonds. The second-order valence-corrected chi connectivity index (χ2v) is 8.57. The number of carbonyl (C=O) groups excluding carboxylic acids is 1. The Balaban J connectivity index is 1.93. The van der Waals surface area contributed by atoms with E-state index in [4.69, 9.17) is 4.74 Å². The van der Waals surface area contributed by atoms with Gasteiger partial charge >= 0.3 is 0 Å². The van der Waals surface area contributed by atoms with Crippen LogP contribution in [0.15, 0.2) is 39.5 Å². The van der Waals surface area contributed by atoms with Gasteiger partial charge in [-0.2, -0.15) is 5.26 Å². The summed E-state index contributed by atoms with van der Waals surface area (Å²) in [4.78, 5) is 17.9. The number of halogens is 1. The monoisotopic (exact) mass is 456 g/mol. The molecule has 1 heterocycles. The van der Waals surface area contributed by atoms with Gasteiger partial charge in [0, 0.05) is 28.9 Å². The summed E-state index contributed by atoms with van der Waals surface area (Å²) in [5.74, 6) is 0.632. The van der Waals surface area contributed by atoms with Gasteiger partial charge in [0.25, 0.3) is 0 Å². The molecule has 1 aromatic carbocycles. The van der Waals surface area contributed by atoms with Crippen molar-refractivity contribution in [3.8, 4) is 6.07 Å². The molecule has 2 aromatic rings. The Morgan fingerprint density at radius 1 is 1.32 bits per heavy atom. The molecule has 4 nitrogen and oxygen atoms in total. The van der Waals surface area contributed by atoms with E-state index in [1.807, 2.05) is 38.3 Å². The second-order valence-electron chi connectivity index (χ2n) is 6.86. The molecule has 1 atom stereocenters. The molecule has 0 saturated carbocycles. The molecule has 0 spiro atoms. The van der Waals surface area contributed by atoms with Crippen molar-refractivity contribution in [1.29, 1.82) is 5.26 Å². The lowest BCUT2D eigenvalue weighted by Crippen LogP contribution is -2.14. The largest absolute Gasteiger partial charge is 0.500 e. The number of nitrogens with zero attached hydrogens (tertiary/aromatic N) is 2. The smallest absolute Gasteiger partial charge is 0.170 e. The molecule has 1 aliphatic carbocycles. The third kappa shape index (κ3) is 3.87. The average Bonchev–Trinajstić information content (AvgIpc) is 2.96. The van der Waals surface area contributed by atoms with Gasteiger partial charge in [-0.05, 0) is 61.1 Å². The van der Waals surface area contributed by atoms with Crippen LogP contribution in [0.3, 0.4) is 0 Å². The maximum absolute atomic E-state index is 13.3. The quantitative estimate of drug-likeness (QED) is 0.575. The lowest BCUT2D eigenvalue weighted by molar-refractivity contribution is -0.116. The van der Waals surface area contributed by atoms with Gasteiger partial charge in [0.2, 0.25) is 0 Å². The van der Waals surface area contributed by atoms with Crippen LogP contribution in [0.2, 0.25) is 0 Å². The predicted molar refractivity (Wildman–Crippen MR) is 115 cm³/mol. The minimum Gasteiger partial charge on any atom is -0.500 e. The van der Waals surface area contributed by atoms with Crippen molar-refractivity contribution in [2.75, 3.05) is 13.4 Å². The van der Waals surface area contributed by atoms with E-state index in [9.17, 15) is 10.1 Å². The fraction of sp³-hybridized carbons (Fsp3) is 0.318. The van der Waals surface area contributed by atoms with Crippen molar-refractivity contribution in [1.82, 2.24) is 4.98 Å². The number of thioether (sulfide) groups is 1. The number of pyridine rings is 1. The van der Waals surface area contributed by atoms with Crippen LogP contribution in [0.25, 0.3) is 5.57 Å². The lowest BCUT2D eigenvalue weighted by atomic mass is 9.91. The second kappa shape index (κ2) is 8.50. The molecule has 0 fully saturated rings. The van der Waals surface area contributed by atoms with Crippen LogP contribution < -0.4 is 0 Å². The number of ether oxygens (including phenoxy) is 1. The van der Waals surface area contributed by atoms with E-state index in [2.05, 4.69) is 27.0 Å². The van der Waals surface area contributed by atoms with Crippen LogP contribution in [0.5, 0.6) is 0 Å². The highest BCUT2D eigenvalue weighted by atomic mass is 79.9. The highest BCUT2D eigenvalue weighted by Crippen LogP contribution is 2.40. The molecule has 1 aliphatic rings. The minimum absolute atomic E-state index is 0.0993. The first-order valence-corrected chi connectivity index (χ1v) is 10.9. The summed E-state index contributed by atoms with van der Waals surface area (Å²) in [5, 5.41) is 9.88. The van der Waals surface area contributed by atoms with E-state index < -0.39 is 0 Å². The topological polar surface area (TPSA) is 63.0 Å². The molecular formula is C22H21BrN2O2S. The van der Waals surface area contributed by atoms with E-state index in [-0.39, 0.29) is 11.7 Å². The van der Waals surface area contributed by atoms with Gasteiger partial charge in [-0.25, -0.2) is 4.98 Å². The van der Waals surface area contributed by atoms with Gasteiger partial charge in [0.05, 0.1) is 18.2 Å². The Morgan fingerprint density at radius 3 is 2.57 bits per heavy atom. The maximum Gasteiger partial charge on any atom is 0.170 e. The molecule has 3 rings (SSSR count). The molecule has 144 valence electrons. The molecule has 1 unspecified atom stereocenters. The van der Waals surface area contributed by atoms with Crippen molar-refractivity contribution in [2.24, 2.45) is 5.92 Å². The number of hydrogen-bond donors (Lipinski definition) is 0. The summed E-state index contributed by atoms with van der Waals surface area (Å²) in [7, 11) is 1.63. The molecule has 0 N–H and O–H groups in total. The van der Waals surface area contributed by atoms with Crippen LogP contribution >= 0.6 is 27.7 Å². The Labute approximate surface area is 178 Å². The minimum atomic E-state index is -0.206. The lowest BCUT2D eigenvalue weighted by Gasteiger charge is -2.14. The number of rotatable bonds is 5. The standard InChI is InChI=1S/C22H21BrN2O2S/c1-12-7-16(23)8-13(2)19(12)20-18(27-3)10-15(21(20)26)9-17-6-5-14(11-24)22(25-17)28-4/h5-8,15H,9-10H2,1-4H3. The van der Waals surface area contributed by atoms with Crippen molar-refractivity contribution in [2.45, 2.75) is 31.7 Å². The first-order chi connectivity index (χ1) is 13.4. The summed E-state index contributed by atoms with van der Waals surface area (Å²) >= 11 is 4.96. The van der Waals surface area contributed by atoms with Gasteiger partial charge in [0.1, 0.15) is 16.9 Å². The van der Waals surface area contributed by atoms with Crippen LogP contribution in [0.4, 0.5) is 0 Å². The molecule has 0 aliphatic heterocycles. The van der Waals surface area contributed by atoms with Crippen LogP contribution in [-0.2, 0) is 16.0 Å². The normalized spacial score (nSPS) is 16.4. The summed E-state index contributed by atoms with van der Waals surface area (Å²) in [6.07, 6.45) is 2.99. The van der Waals surface area contributed by atoms with E-state index in [0.29, 0.717) is 29.0 Å². The molecular weight excluding hydrogens is 436 g/mol. The molecule has 0 radical (unpaired) electrons. The summed E-state index contributed by atoms with van der Waals surface area (Å²) in [5.41, 5.74) is 5.13. The van der Waals surface area contributed by atoms with Crippen molar-refractivity contribution >= 4 is 39.0 Å². The van der Waals surface area contributed by atoms with E-state index >= 15 is 0 Å². The third-order valence-corrected chi connectivity index (χ3v) is 6.16. The first kappa shape index (κ1) is 20.6. The molecule has 1 aromatic heterocycles. The fourth-order valence-corrected chi connectivity index (χ4v) is 4.99. The summed E-state index contributed by atoms with van der Waals surface area (Å²) in [6.45, 7) is 4.03. The molecule has 0 bridgehead atoms. The summed E-state index contributed by atoms with van der Waals surface area (Å²) in [6, 6.07) is 9.82. The Kier molecular flexibility index (Phi) is 6.26. The molecule has 0 saturated heterocycles. The number of benzene rings is 1. The van der Waals surface area contributed by atoms with Gasteiger partial charge in [-0.1, -0.05) is 15.9 Å². The van der Waals surface area contributed by atoms with Gasteiger partial charge in [-0.3, -0.25) is 4.79 Å². The Bertz CT molecular complexity index is 1000. The van der Waals surface area contributed by atoms with Crippen LogP contribution in [0.1, 0.15) is 34.4 Å². The van der Waals surface area contributed by atoms with Crippen LogP contribution in [0, 0.1) is 31.1 Å². The zero-order valence-electron chi connectivity index (χ0n) is 16.3. The van der Waals surface area contributed by atoms with Crippen molar-refractivity contribution < 1.29 is 9.53 Å². The van der Waals surface area contributed by atoms with Gasteiger partial charge in [-0.15, -0.1) is 11.8 Å². The third-order valence-electron chi connectivity index (χ3n) is 5.01. The van der Waals surface area contributed by atoms with Crippen molar-refractivity contribution in [3.05, 3.63) is 62.4 Å².